The molecule has 0 spiro atoms. The lowest BCUT2D eigenvalue weighted by Gasteiger charge is -2.29. The summed E-state index contributed by atoms with van der Waals surface area (Å²) in [5, 5.41) is 11.5. The largest absolute Gasteiger partial charge is 0.481 e. The molecule has 0 bridgehead atoms. The molecule has 18 heavy (non-hydrogen) atoms. The highest BCUT2D eigenvalue weighted by molar-refractivity contribution is 7.85. The van der Waals surface area contributed by atoms with Crippen LogP contribution in [0.3, 0.4) is 0 Å². The van der Waals surface area contributed by atoms with E-state index in [-0.39, 0.29) is 12.2 Å². The summed E-state index contributed by atoms with van der Waals surface area (Å²) in [5.74, 6) is -0.452. The Kier molecular flexibility index (Phi) is 4.37. The highest BCUT2D eigenvalue weighted by Crippen LogP contribution is 2.25. The molecule has 1 aliphatic rings. The Morgan fingerprint density at radius 2 is 2.06 bits per heavy atom. The fraction of sp³-hybridized carbons (Fsp3) is 0.818. The van der Waals surface area contributed by atoms with E-state index in [1.165, 1.54) is 0 Å². The fourth-order valence-corrected chi connectivity index (χ4v) is 3.55. The maximum atomic E-state index is 11.7. The lowest BCUT2D eigenvalue weighted by atomic mass is 9.95. The highest BCUT2D eigenvalue weighted by Gasteiger charge is 2.42. The molecule has 0 aliphatic carbocycles. The Balaban J connectivity index is 2.71. The minimum atomic E-state index is -1.08. The van der Waals surface area contributed by atoms with Crippen LogP contribution in [0, 0.1) is 0 Å². The van der Waals surface area contributed by atoms with Crippen LogP contribution in [0.15, 0.2) is 0 Å². The molecule has 1 fully saturated rings. The SMILES string of the molecule is CC(C)(C)OC(=O)NC1(CC(=O)O)CCS(=O)C1. The van der Waals surface area contributed by atoms with Crippen molar-refractivity contribution in [3.05, 3.63) is 0 Å². The van der Waals surface area contributed by atoms with Crippen molar-refractivity contribution in [2.24, 2.45) is 0 Å². The summed E-state index contributed by atoms with van der Waals surface area (Å²) in [6, 6.07) is 0. The first-order chi connectivity index (χ1) is 8.12. The Morgan fingerprint density at radius 3 is 2.44 bits per heavy atom. The van der Waals surface area contributed by atoms with Crippen LogP contribution in [-0.2, 0) is 20.3 Å². The molecule has 0 aromatic rings. The van der Waals surface area contributed by atoms with Crippen molar-refractivity contribution in [3.63, 3.8) is 0 Å². The van der Waals surface area contributed by atoms with E-state index >= 15 is 0 Å². The highest BCUT2D eigenvalue weighted by atomic mass is 32.2. The van der Waals surface area contributed by atoms with Crippen molar-refractivity contribution >= 4 is 22.9 Å². The molecule has 2 N–H and O–H groups in total. The van der Waals surface area contributed by atoms with Gasteiger partial charge < -0.3 is 15.2 Å². The Bertz CT molecular complexity index is 376. The fourth-order valence-electron chi connectivity index (χ4n) is 1.85. The first kappa shape index (κ1) is 14.9. The summed E-state index contributed by atoms with van der Waals surface area (Å²) in [7, 11) is -1.08. The van der Waals surface area contributed by atoms with E-state index in [4.69, 9.17) is 9.84 Å². The maximum Gasteiger partial charge on any atom is 0.408 e. The zero-order valence-corrected chi connectivity index (χ0v) is 11.6. The Labute approximate surface area is 109 Å². The monoisotopic (exact) mass is 277 g/mol. The molecule has 1 aliphatic heterocycles. The van der Waals surface area contributed by atoms with Crippen molar-refractivity contribution in [1.82, 2.24) is 5.32 Å². The number of amides is 1. The number of carbonyl (C=O) groups excluding carboxylic acids is 1. The number of aliphatic carboxylic acids is 1. The van der Waals surface area contributed by atoms with Gasteiger partial charge in [0, 0.05) is 22.3 Å². The number of nitrogens with one attached hydrogen (secondary N) is 1. The van der Waals surface area contributed by atoms with Gasteiger partial charge in [-0.15, -0.1) is 0 Å². The average Bonchev–Trinajstić information content (AvgIpc) is 2.41. The predicted molar refractivity (Wildman–Crippen MR) is 66.8 cm³/mol. The summed E-state index contributed by atoms with van der Waals surface area (Å²) in [6.07, 6.45) is -0.508. The molecule has 2 unspecified atom stereocenters. The second kappa shape index (κ2) is 5.26. The van der Waals surface area contributed by atoms with Gasteiger partial charge in [0.05, 0.1) is 12.0 Å². The smallest absolute Gasteiger partial charge is 0.408 e. The molecular formula is C11H19NO5S. The standard InChI is InChI=1S/C11H19NO5S/c1-10(2,3)17-9(15)12-11(6-8(13)14)4-5-18(16)7-11/h4-7H2,1-3H3,(H,12,15)(H,13,14). The van der Waals surface area contributed by atoms with Gasteiger partial charge in [0.1, 0.15) is 5.60 Å². The summed E-state index contributed by atoms with van der Waals surface area (Å²) >= 11 is 0. The van der Waals surface area contributed by atoms with Crippen molar-refractivity contribution in [2.45, 2.75) is 44.8 Å². The zero-order chi connectivity index (χ0) is 14.0. The van der Waals surface area contributed by atoms with Crippen LogP contribution >= 0.6 is 0 Å². The Morgan fingerprint density at radius 1 is 1.44 bits per heavy atom. The van der Waals surface area contributed by atoms with Gasteiger partial charge in [-0.3, -0.25) is 9.00 Å². The summed E-state index contributed by atoms with van der Waals surface area (Å²) in [5.41, 5.74) is -1.59. The number of hydrogen-bond donors (Lipinski definition) is 2. The molecule has 0 saturated carbocycles. The summed E-state index contributed by atoms with van der Waals surface area (Å²) in [6.45, 7) is 5.18. The summed E-state index contributed by atoms with van der Waals surface area (Å²) in [4.78, 5) is 22.5. The maximum absolute atomic E-state index is 11.7. The predicted octanol–water partition coefficient (Wildman–Crippen LogP) is 0.877. The number of alkyl carbamates (subject to hydrolysis) is 1. The van der Waals surface area contributed by atoms with E-state index < -0.39 is 34.0 Å². The van der Waals surface area contributed by atoms with Crippen LogP contribution in [-0.4, -0.2) is 44.0 Å². The number of rotatable bonds is 3. The molecule has 1 saturated heterocycles. The molecule has 0 aromatic carbocycles. The quantitative estimate of drug-likeness (QED) is 0.798. The van der Waals surface area contributed by atoms with E-state index in [0.29, 0.717) is 12.2 Å². The second-order valence-electron chi connectivity index (χ2n) is 5.52. The van der Waals surface area contributed by atoms with Crippen LogP contribution in [0.1, 0.15) is 33.6 Å². The van der Waals surface area contributed by atoms with Crippen molar-refractivity contribution in [1.29, 1.82) is 0 Å². The van der Waals surface area contributed by atoms with E-state index in [1.807, 2.05) is 0 Å². The summed E-state index contributed by atoms with van der Waals surface area (Å²) < 4.78 is 16.5. The third-order valence-corrected chi connectivity index (χ3v) is 4.04. The third-order valence-electron chi connectivity index (χ3n) is 2.50. The van der Waals surface area contributed by atoms with Gasteiger partial charge in [0.2, 0.25) is 0 Å². The molecule has 7 heteroatoms. The molecule has 1 rings (SSSR count). The minimum Gasteiger partial charge on any atom is -0.481 e. The van der Waals surface area contributed by atoms with Gasteiger partial charge in [-0.2, -0.15) is 0 Å². The van der Waals surface area contributed by atoms with Crippen molar-refractivity contribution < 1.29 is 23.6 Å². The van der Waals surface area contributed by atoms with E-state index in [2.05, 4.69) is 5.32 Å². The van der Waals surface area contributed by atoms with Gasteiger partial charge >= 0.3 is 12.1 Å². The first-order valence-corrected chi connectivity index (χ1v) is 7.19. The van der Waals surface area contributed by atoms with Crippen LogP contribution in [0.2, 0.25) is 0 Å². The number of ether oxygens (including phenoxy) is 1. The topological polar surface area (TPSA) is 92.7 Å². The van der Waals surface area contributed by atoms with Gasteiger partial charge in [-0.25, -0.2) is 4.79 Å². The average molecular weight is 277 g/mol. The number of hydrogen-bond acceptors (Lipinski definition) is 4. The number of carbonyl (C=O) groups is 2. The van der Waals surface area contributed by atoms with Crippen LogP contribution in [0.5, 0.6) is 0 Å². The molecule has 6 nitrogen and oxygen atoms in total. The normalized spacial score (nSPS) is 27.8. The minimum absolute atomic E-state index is 0.165. The lowest BCUT2D eigenvalue weighted by Crippen LogP contribution is -2.52. The Hall–Kier alpha value is -1.11. The van der Waals surface area contributed by atoms with Gasteiger partial charge in [0.25, 0.3) is 0 Å². The molecule has 1 amide bonds. The van der Waals surface area contributed by atoms with Gasteiger partial charge in [-0.05, 0) is 27.2 Å². The third kappa shape index (κ3) is 4.64. The molecule has 104 valence electrons. The zero-order valence-electron chi connectivity index (χ0n) is 10.8. The van der Waals surface area contributed by atoms with Gasteiger partial charge in [-0.1, -0.05) is 0 Å². The van der Waals surface area contributed by atoms with Crippen LogP contribution in [0.4, 0.5) is 4.79 Å². The van der Waals surface area contributed by atoms with Crippen molar-refractivity contribution in [3.8, 4) is 0 Å². The molecule has 0 aromatic heterocycles. The molecular weight excluding hydrogens is 258 g/mol. The lowest BCUT2D eigenvalue weighted by molar-refractivity contribution is -0.138. The van der Waals surface area contributed by atoms with Crippen LogP contribution in [0.25, 0.3) is 0 Å². The molecule has 1 heterocycles. The number of carboxylic acid groups (broad SMARTS) is 1. The molecule has 2 atom stereocenters. The number of carboxylic acids is 1. The van der Waals surface area contributed by atoms with E-state index in [0.717, 1.165) is 0 Å². The molecule has 0 radical (unpaired) electrons. The van der Waals surface area contributed by atoms with Crippen LogP contribution < -0.4 is 5.32 Å². The van der Waals surface area contributed by atoms with Gasteiger partial charge in [0.15, 0.2) is 0 Å². The van der Waals surface area contributed by atoms with E-state index in [1.54, 1.807) is 20.8 Å². The van der Waals surface area contributed by atoms with E-state index in [9.17, 15) is 13.8 Å². The van der Waals surface area contributed by atoms with Crippen molar-refractivity contribution in [2.75, 3.05) is 11.5 Å². The second-order valence-corrected chi connectivity index (χ2v) is 7.09. The first-order valence-electron chi connectivity index (χ1n) is 5.70.